The molecule has 3 N–H and O–H groups in total. The van der Waals surface area contributed by atoms with E-state index in [1.54, 1.807) is 0 Å². The number of carbonyl (C=O) groups is 1. The normalized spacial score (nSPS) is 12.7. The van der Waals surface area contributed by atoms with Gasteiger partial charge in [-0.2, -0.15) is 0 Å². The molecule has 4 rings (SSSR count). The van der Waals surface area contributed by atoms with Crippen molar-refractivity contribution in [2.24, 2.45) is 5.92 Å². The van der Waals surface area contributed by atoms with Crippen molar-refractivity contribution in [2.45, 2.75) is 26.3 Å². The highest BCUT2D eigenvalue weighted by molar-refractivity contribution is 5.79. The van der Waals surface area contributed by atoms with Gasteiger partial charge in [-0.1, -0.05) is 38.1 Å². The Morgan fingerprint density at radius 3 is 2.19 bits per heavy atom. The van der Waals surface area contributed by atoms with E-state index in [0.717, 1.165) is 33.7 Å². The van der Waals surface area contributed by atoms with E-state index in [4.69, 9.17) is 0 Å². The molecule has 0 radical (unpaired) electrons. The minimum atomic E-state index is -0.280. The SMILES string of the molecule is CC(C)C(=O)NC(Cc1nc2ccccc2[nH]1)c1nc2ccccc2[nH]1. The van der Waals surface area contributed by atoms with Gasteiger partial charge in [0.25, 0.3) is 0 Å². The molecule has 0 saturated carbocycles. The van der Waals surface area contributed by atoms with Crippen molar-refractivity contribution >= 4 is 28.0 Å². The summed E-state index contributed by atoms with van der Waals surface area (Å²) in [6.07, 6.45) is 0.535. The monoisotopic (exact) mass is 347 g/mol. The van der Waals surface area contributed by atoms with Crippen molar-refractivity contribution in [1.82, 2.24) is 25.3 Å². The second-order valence-corrected chi connectivity index (χ2v) is 6.76. The molecular formula is C20H21N5O. The van der Waals surface area contributed by atoms with Crippen LogP contribution in [0.3, 0.4) is 0 Å². The van der Waals surface area contributed by atoms with E-state index in [1.807, 2.05) is 62.4 Å². The Kier molecular flexibility index (Phi) is 4.16. The number of aromatic amines is 2. The number of hydrogen-bond donors (Lipinski definition) is 3. The molecule has 0 bridgehead atoms. The first-order valence-corrected chi connectivity index (χ1v) is 8.79. The Bertz CT molecular complexity index is 996. The minimum Gasteiger partial charge on any atom is -0.345 e. The number of imidazole rings is 2. The lowest BCUT2D eigenvalue weighted by atomic mass is 10.1. The van der Waals surface area contributed by atoms with Gasteiger partial charge >= 0.3 is 0 Å². The first-order chi connectivity index (χ1) is 12.6. The van der Waals surface area contributed by atoms with E-state index in [-0.39, 0.29) is 17.9 Å². The third kappa shape index (κ3) is 3.18. The van der Waals surface area contributed by atoms with Crippen LogP contribution in [0.2, 0.25) is 0 Å². The van der Waals surface area contributed by atoms with E-state index in [2.05, 4.69) is 25.3 Å². The quantitative estimate of drug-likeness (QED) is 0.516. The molecule has 0 aliphatic carbocycles. The summed E-state index contributed by atoms with van der Waals surface area (Å²) in [5, 5.41) is 3.09. The van der Waals surface area contributed by atoms with Gasteiger partial charge in [-0.25, -0.2) is 9.97 Å². The van der Waals surface area contributed by atoms with Crippen LogP contribution in [0.5, 0.6) is 0 Å². The molecule has 132 valence electrons. The summed E-state index contributed by atoms with van der Waals surface area (Å²) in [7, 11) is 0. The predicted molar refractivity (Wildman–Crippen MR) is 102 cm³/mol. The van der Waals surface area contributed by atoms with Crippen molar-refractivity contribution < 1.29 is 4.79 Å². The Balaban J connectivity index is 1.68. The highest BCUT2D eigenvalue weighted by Crippen LogP contribution is 2.21. The number of hydrogen-bond acceptors (Lipinski definition) is 3. The van der Waals surface area contributed by atoms with Crippen molar-refractivity contribution in [3.63, 3.8) is 0 Å². The van der Waals surface area contributed by atoms with Crippen LogP contribution in [0.1, 0.15) is 31.5 Å². The van der Waals surface area contributed by atoms with Crippen LogP contribution in [-0.2, 0) is 11.2 Å². The zero-order chi connectivity index (χ0) is 18.1. The Morgan fingerprint density at radius 1 is 0.962 bits per heavy atom. The third-order valence-electron chi connectivity index (χ3n) is 4.41. The number of aromatic nitrogens is 4. The number of para-hydroxylation sites is 4. The van der Waals surface area contributed by atoms with E-state index >= 15 is 0 Å². The fourth-order valence-electron chi connectivity index (χ4n) is 2.99. The second kappa shape index (κ2) is 6.63. The summed E-state index contributed by atoms with van der Waals surface area (Å²) in [6.45, 7) is 3.76. The maximum atomic E-state index is 12.3. The predicted octanol–water partition coefficient (Wildman–Crippen LogP) is 3.50. The van der Waals surface area contributed by atoms with Crippen LogP contribution >= 0.6 is 0 Å². The van der Waals surface area contributed by atoms with Gasteiger partial charge in [0.2, 0.25) is 5.91 Å². The fraction of sp³-hybridized carbons (Fsp3) is 0.250. The van der Waals surface area contributed by atoms with Gasteiger partial charge in [0.1, 0.15) is 11.6 Å². The topological polar surface area (TPSA) is 86.5 Å². The third-order valence-corrected chi connectivity index (χ3v) is 4.41. The lowest BCUT2D eigenvalue weighted by Gasteiger charge is -2.17. The molecule has 0 aliphatic heterocycles. The molecule has 2 aromatic carbocycles. The van der Waals surface area contributed by atoms with Crippen molar-refractivity contribution in [2.75, 3.05) is 0 Å². The number of benzene rings is 2. The second-order valence-electron chi connectivity index (χ2n) is 6.76. The van der Waals surface area contributed by atoms with Crippen LogP contribution in [0.25, 0.3) is 22.1 Å². The maximum Gasteiger partial charge on any atom is 0.223 e. The average Bonchev–Trinajstić information content (AvgIpc) is 3.24. The molecule has 26 heavy (non-hydrogen) atoms. The lowest BCUT2D eigenvalue weighted by Crippen LogP contribution is -2.33. The molecule has 1 amide bonds. The molecule has 2 aromatic heterocycles. The summed E-state index contributed by atoms with van der Waals surface area (Å²) in [5.41, 5.74) is 3.74. The lowest BCUT2D eigenvalue weighted by molar-refractivity contribution is -0.124. The van der Waals surface area contributed by atoms with Crippen molar-refractivity contribution in [3.05, 3.63) is 60.2 Å². The maximum absolute atomic E-state index is 12.3. The summed E-state index contributed by atoms with van der Waals surface area (Å²) >= 11 is 0. The molecule has 0 saturated heterocycles. The zero-order valence-corrected chi connectivity index (χ0v) is 14.8. The van der Waals surface area contributed by atoms with Crippen LogP contribution in [-0.4, -0.2) is 25.8 Å². The molecule has 1 atom stereocenters. The van der Waals surface area contributed by atoms with E-state index in [9.17, 15) is 4.79 Å². The van der Waals surface area contributed by atoms with Gasteiger partial charge < -0.3 is 15.3 Å². The number of nitrogens with one attached hydrogen (secondary N) is 3. The van der Waals surface area contributed by atoms with Gasteiger partial charge in [0.05, 0.1) is 28.1 Å². The van der Waals surface area contributed by atoms with Gasteiger partial charge in [0, 0.05) is 12.3 Å². The first-order valence-electron chi connectivity index (χ1n) is 8.79. The summed E-state index contributed by atoms with van der Waals surface area (Å²) < 4.78 is 0. The number of carbonyl (C=O) groups excluding carboxylic acids is 1. The minimum absolute atomic E-state index is 0.00781. The molecule has 4 aromatic rings. The van der Waals surface area contributed by atoms with Gasteiger partial charge in [-0.15, -0.1) is 0 Å². The number of H-pyrrole nitrogens is 2. The van der Waals surface area contributed by atoms with Crippen LogP contribution in [0.4, 0.5) is 0 Å². The molecule has 1 unspecified atom stereocenters. The molecule has 6 nitrogen and oxygen atoms in total. The van der Waals surface area contributed by atoms with E-state index in [1.165, 1.54) is 0 Å². The summed E-state index contributed by atoms with van der Waals surface area (Å²) in [6, 6.07) is 15.5. The zero-order valence-electron chi connectivity index (χ0n) is 14.8. The van der Waals surface area contributed by atoms with E-state index < -0.39 is 0 Å². The molecule has 0 aliphatic rings. The van der Waals surface area contributed by atoms with Gasteiger partial charge in [-0.05, 0) is 24.3 Å². The van der Waals surface area contributed by atoms with Crippen molar-refractivity contribution in [3.8, 4) is 0 Å². The molecule has 0 spiro atoms. The number of fused-ring (bicyclic) bond motifs is 2. The smallest absolute Gasteiger partial charge is 0.223 e. The van der Waals surface area contributed by atoms with Crippen LogP contribution < -0.4 is 5.32 Å². The summed E-state index contributed by atoms with van der Waals surface area (Å²) in [4.78, 5) is 28.3. The highest BCUT2D eigenvalue weighted by atomic mass is 16.1. The number of nitrogens with zero attached hydrogens (tertiary/aromatic N) is 2. The Hall–Kier alpha value is -3.15. The van der Waals surface area contributed by atoms with Crippen LogP contribution in [0, 0.1) is 5.92 Å². The molecular weight excluding hydrogens is 326 g/mol. The molecule has 0 fully saturated rings. The largest absolute Gasteiger partial charge is 0.345 e. The molecule has 6 heteroatoms. The van der Waals surface area contributed by atoms with E-state index in [0.29, 0.717) is 6.42 Å². The number of rotatable bonds is 5. The average molecular weight is 347 g/mol. The highest BCUT2D eigenvalue weighted by Gasteiger charge is 2.22. The molecule has 2 heterocycles. The Morgan fingerprint density at radius 2 is 1.58 bits per heavy atom. The summed E-state index contributed by atoms with van der Waals surface area (Å²) in [5.74, 6) is 1.45. The Labute approximate surface area is 151 Å². The number of amides is 1. The van der Waals surface area contributed by atoms with Gasteiger partial charge in [-0.3, -0.25) is 4.79 Å². The first kappa shape index (κ1) is 16.3. The van der Waals surface area contributed by atoms with Crippen LogP contribution in [0.15, 0.2) is 48.5 Å². The standard InChI is InChI=1S/C20H21N5O/c1-12(2)20(26)25-17(19-23-15-9-5-6-10-16(15)24-19)11-18-21-13-7-3-4-8-14(13)22-18/h3-10,12,17H,11H2,1-2H3,(H,21,22)(H,23,24)(H,25,26). The van der Waals surface area contributed by atoms with Gasteiger partial charge in [0.15, 0.2) is 0 Å². The van der Waals surface area contributed by atoms with Crippen molar-refractivity contribution in [1.29, 1.82) is 0 Å². The fourth-order valence-corrected chi connectivity index (χ4v) is 2.99.